The van der Waals surface area contributed by atoms with Gasteiger partial charge in [0.05, 0.1) is 35.6 Å². The van der Waals surface area contributed by atoms with E-state index in [4.69, 9.17) is 4.74 Å². The third kappa shape index (κ3) is 4.37. The molecule has 3 amide bonds. The molecule has 2 unspecified atom stereocenters. The first-order chi connectivity index (χ1) is 19.5. The maximum absolute atomic E-state index is 14.7. The lowest BCUT2D eigenvalue weighted by atomic mass is 9.66. The molecule has 3 saturated heterocycles. The molecule has 2 bridgehead atoms. The predicted molar refractivity (Wildman–Crippen MR) is 152 cm³/mol. The molecule has 6 atom stereocenters. The standard InChI is InChI=1S/C30H40N6O5/c1-7-15-33(6)26(38)23-24-27(39)36(22(17-37)19(3)4)25(30(24)14-13-29(23,5)41-30)28(40)34(16-8-2)18-35-21-12-10-9-11-20(21)31-32-35/h7-12,19,22-25,37H,1-2,13-18H2,3-6H3/t22-,23-,24-,25?,29+,30?/m0/s1. The zero-order valence-electron chi connectivity index (χ0n) is 24.3. The largest absolute Gasteiger partial charge is 0.394 e. The van der Waals surface area contributed by atoms with Gasteiger partial charge in [-0.25, -0.2) is 4.68 Å². The van der Waals surface area contributed by atoms with Gasteiger partial charge in [0.15, 0.2) is 0 Å². The maximum atomic E-state index is 14.7. The number of ether oxygens (including phenoxy) is 1. The van der Waals surface area contributed by atoms with E-state index in [1.54, 1.807) is 33.7 Å². The molecule has 0 aliphatic carbocycles. The number of benzene rings is 1. The van der Waals surface area contributed by atoms with Crippen LogP contribution in [-0.2, 0) is 25.8 Å². The Morgan fingerprint density at radius 1 is 1.20 bits per heavy atom. The lowest BCUT2D eigenvalue weighted by Gasteiger charge is -2.40. The molecule has 3 aliphatic rings. The minimum atomic E-state index is -1.20. The van der Waals surface area contributed by atoms with Gasteiger partial charge < -0.3 is 24.5 Å². The number of likely N-dealkylation sites (N-methyl/N-ethyl adjacent to an activating group) is 1. The molecule has 2 aromatic rings. The number of aliphatic hydroxyl groups excluding tert-OH is 1. The van der Waals surface area contributed by atoms with Crippen LogP contribution in [0.15, 0.2) is 49.6 Å². The topological polar surface area (TPSA) is 121 Å². The number of hydrogen-bond acceptors (Lipinski definition) is 7. The van der Waals surface area contributed by atoms with E-state index in [0.717, 1.165) is 5.52 Å². The highest BCUT2D eigenvalue weighted by atomic mass is 16.5. The number of aliphatic hydroxyl groups is 1. The Balaban J connectivity index is 1.59. The molecular formula is C30H40N6O5. The fourth-order valence-corrected chi connectivity index (χ4v) is 7.25. The van der Waals surface area contributed by atoms with Crippen molar-refractivity contribution in [2.75, 3.05) is 26.7 Å². The second-order valence-corrected chi connectivity index (χ2v) is 12.0. The Hall–Kier alpha value is -3.57. The molecule has 3 fully saturated rings. The normalized spacial score (nSPS) is 29.2. The van der Waals surface area contributed by atoms with Crippen LogP contribution in [0.25, 0.3) is 11.0 Å². The summed E-state index contributed by atoms with van der Waals surface area (Å²) in [7, 11) is 1.69. The van der Waals surface area contributed by atoms with Gasteiger partial charge in [0.25, 0.3) is 0 Å². The van der Waals surface area contributed by atoms with Gasteiger partial charge in [0.2, 0.25) is 17.7 Å². The highest BCUT2D eigenvalue weighted by Crippen LogP contribution is 2.64. The molecule has 11 nitrogen and oxygen atoms in total. The number of amides is 3. The van der Waals surface area contributed by atoms with Gasteiger partial charge in [-0.1, -0.05) is 43.3 Å². The van der Waals surface area contributed by atoms with Crippen molar-refractivity contribution in [1.82, 2.24) is 29.7 Å². The second-order valence-electron chi connectivity index (χ2n) is 12.0. The monoisotopic (exact) mass is 564 g/mol. The third-order valence-electron chi connectivity index (χ3n) is 9.19. The van der Waals surface area contributed by atoms with E-state index >= 15 is 0 Å². The minimum Gasteiger partial charge on any atom is -0.394 e. The van der Waals surface area contributed by atoms with Crippen LogP contribution in [0.1, 0.15) is 33.6 Å². The predicted octanol–water partition coefficient (Wildman–Crippen LogP) is 1.83. The average Bonchev–Trinajstić information content (AvgIpc) is 3.64. The van der Waals surface area contributed by atoms with E-state index in [1.165, 1.54) is 4.90 Å². The summed E-state index contributed by atoms with van der Waals surface area (Å²) >= 11 is 0. The van der Waals surface area contributed by atoms with Crippen LogP contribution in [0.5, 0.6) is 0 Å². The van der Waals surface area contributed by atoms with Crippen molar-refractivity contribution in [2.24, 2.45) is 17.8 Å². The quantitative estimate of drug-likeness (QED) is 0.414. The van der Waals surface area contributed by atoms with Crippen molar-refractivity contribution in [1.29, 1.82) is 0 Å². The van der Waals surface area contributed by atoms with Crippen LogP contribution in [0.3, 0.4) is 0 Å². The molecule has 1 N–H and O–H groups in total. The number of para-hydroxylation sites is 1. The van der Waals surface area contributed by atoms with Crippen molar-refractivity contribution < 1.29 is 24.2 Å². The molecule has 11 heteroatoms. The van der Waals surface area contributed by atoms with Crippen molar-refractivity contribution in [3.63, 3.8) is 0 Å². The molecule has 4 heterocycles. The number of aromatic nitrogens is 3. The van der Waals surface area contributed by atoms with Gasteiger partial charge in [-0.3, -0.25) is 14.4 Å². The molecule has 41 heavy (non-hydrogen) atoms. The van der Waals surface area contributed by atoms with Crippen LogP contribution in [0, 0.1) is 17.8 Å². The zero-order valence-corrected chi connectivity index (χ0v) is 24.3. The molecule has 220 valence electrons. The highest BCUT2D eigenvalue weighted by molar-refractivity contribution is 5.99. The van der Waals surface area contributed by atoms with E-state index < -0.39 is 35.1 Å². The summed E-state index contributed by atoms with van der Waals surface area (Å²) in [5.74, 6) is -2.62. The van der Waals surface area contributed by atoms with Crippen LogP contribution >= 0.6 is 0 Å². The molecule has 1 aromatic heterocycles. The Bertz CT molecular complexity index is 1370. The lowest BCUT2D eigenvalue weighted by molar-refractivity contribution is -0.158. The summed E-state index contributed by atoms with van der Waals surface area (Å²) in [5, 5.41) is 19.0. The van der Waals surface area contributed by atoms with Crippen molar-refractivity contribution in [3.05, 3.63) is 49.6 Å². The van der Waals surface area contributed by atoms with Crippen molar-refractivity contribution in [3.8, 4) is 0 Å². The molecule has 0 saturated carbocycles. The Labute approximate surface area is 240 Å². The first kappa shape index (κ1) is 28.9. The molecule has 0 radical (unpaired) electrons. The number of nitrogens with zero attached hydrogens (tertiary/aromatic N) is 6. The number of fused-ring (bicyclic) bond motifs is 2. The first-order valence-corrected chi connectivity index (χ1v) is 14.2. The smallest absolute Gasteiger partial charge is 0.250 e. The minimum absolute atomic E-state index is 0.0812. The summed E-state index contributed by atoms with van der Waals surface area (Å²) < 4.78 is 8.39. The number of hydrogen-bond donors (Lipinski definition) is 1. The summed E-state index contributed by atoms with van der Waals surface area (Å²) in [4.78, 5) is 47.6. The molecule has 5 rings (SSSR count). The van der Waals surface area contributed by atoms with E-state index in [0.29, 0.717) is 24.9 Å². The highest BCUT2D eigenvalue weighted by Gasteiger charge is 2.78. The number of carbonyl (C=O) groups excluding carboxylic acids is 3. The van der Waals surface area contributed by atoms with E-state index in [-0.39, 0.29) is 43.5 Å². The fourth-order valence-electron chi connectivity index (χ4n) is 7.25. The average molecular weight is 565 g/mol. The van der Waals surface area contributed by atoms with Gasteiger partial charge in [0.1, 0.15) is 23.8 Å². The zero-order chi connectivity index (χ0) is 29.7. The second kappa shape index (κ2) is 10.7. The third-order valence-corrected chi connectivity index (χ3v) is 9.19. The van der Waals surface area contributed by atoms with E-state index in [1.807, 2.05) is 45.0 Å². The van der Waals surface area contributed by atoms with E-state index in [9.17, 15) is 19.5 Å². The summed E-state index contributed by atoms with van der Waals surface area (Å²) in [6, 6.07) is 5.81. The van der Waals surface area contributed by atoms with Gasteiger partial charge in [0, 0.05) is 20.1 Å². The van der Waals surface area contributed by atoms with Crippen LogP contribution in [0.2, 0.25) is 0 Å². The Kier molecular flexibility index (Phi) is 7.54. The van der Waals surface area contributed by atoms with Crippen molar-refractivity contribution in [2.45, 2.75) is 63.6 Å². The molecule has 1 spiro atoms. The number of carbonyl (C=O) groups is 3. The van der Waals surface area contributed by atoms with Gasteiger partial charge in [-0.05, 0) is 37.8 Å². The summed E-state index contributed by atoms with van der Waals surface area (Å²) in [6.45, 7) is 13.6. The summed E-state index contributed by atoms with van der Waals surface area (Å²) in [5.41, 5.74) is -0.632. The number of likely N-dealkylation sites (tertiary alicyclic amines) is 1. The first-order valence-electron chi connectivity index (χ1n) is 14.2. The lowest BCUT2D eigenvalue weighted by Crippen LogP contribution is -2.59. The molecule has 3 aliphatic heterocycles. The maximum Gasteiger partial charge on any atom is 0.250 e. The fraction of sp³-hybridized carbons (Fsp3) is 0.567. The van der Waals surface area contributed by atoms with Gasteiger partial charge in [-0.2, -0.15) is 0 Å². The summed E-state index contributed by atoms with van der Waals surface area (Å²) in [6.07, 6.45) is 4.25. The SMILES string of the molecule is C=CCN(C)C(=O)[C@@H]1[C@H]2C(=O)N([C@@H](CO)C(C)C)C(C(=O)N(CC=C)Cn3nnc4ccccc43)C23CC[C@@]1(C)O3. The van der Waals surface area contributed by atoms with Gasteiger partial charge in [-0.15, -0.1) is 18.3 Å². The number of rotatable bonds is 11. The van der Waals surface area contributed by atoms with E-state index in [2.05, 4.69) is 23.5 Å². The molecular weight excluding hydrogens is 524 g/mol. The Morgan fingerprint density at radius 2 is 1.90 bits per heavy atom. The van der Waals surface area contributed by atoms with Crippen molar-refractivity contribution >= 4 is 28.8 Å². The van der Waals surface area contributed by atoms with Crippen LogP contribution in [0.4, 0.5) is 0 Å². The van der Waals surface area contributed by atoms with Gasteiger partial charge >= 0.3 is 0 Å². The Morgan fingerprint density at radius 3 is 2.56 bits per heavy atom. The van der Waals surface area contributed by atoms with Crippen LogP contribution < -0.4 is 0 Å². The van der Waals surface area contributed by atoms with Crippen LogP contribution in [-0.4, -0.2) is 103 Å². The molecule has 1 aromatic carbocycles.